The molecule has 2 aromatic carbocycles. The largest absolute Gasteiger partial charge is 0.439 e. The molecule has 0 saturated carbocycles. The molecule has 3 heterocycles. The number of anilines is 1. The number of aromatic nitrogens is 1. The van der Waals surface area contributed by atoms with Crippen LogP contribution in [-0.4, -0.2) is 47.1 Å². The Morgan fingerprint density at radius 1 is 1.09 bits per heavy atom. The van der Waals surface area contributed by atoms with Gasteiger partial charge in [-0.1, -0.05) is 35.9 Å². The lowest BCUT2D eigenvalue weighted by molar-refractivity contribution is 0.0551. The Bertz CT molecular complexity index is 1240. The van der Waals surface area contributed by atoms with E-state index in [2.05, 4.69) is 4.98 Å². The lowest BCUT2D eigenvalue weighted by Gasteiger charge is -2.22. The van der Waals surface area contributed by atoms with Gasteiger partial charge in [-0.15, -0.1) is 0 Å². The smallest absolute Gasteiger partial charge is 0.415 e. The van der Waals surface area contributed by atoms with Gasteiger partial charge in [-0.05, 0) is 48.0 Å². The highest BCUT2D eigenvalue weighted by Crippen LogP contribution is 2.36. The van der Waals surface area contributed by atoms with Gasteiger partial charge in [-0.2, -0.15) is 0 Å². The van der Waals surface area contributed by atoms with Crippen molar-refractivity contribution in [2.24, 2.45) is 0 Å². The van der Waals surface area contributed by atoms with Gasteiger partial charge >= 0.3 is 6.09 Å². The SMILES string of the molecule is O=C(c1cccc(Cc2cccc(F)c2)n1)N1CC[C@@]2(C1)CN(c1cccc(Cl)c1)C(=O)O2. The van der Waals surface area contributed by atoms with Crippen molar-refractivity contribution in [2.45, 2.75) is 18.4 Å². The fourth-order valence-electron chi connectivity index (χ4n) is 4.41. The molecule has 0 N–H and O–H groups in total. The van der Waals surface area contributed by atoms with E-state index in [1.165, 1.54) is 12.1 Å². The molecule has 1 spiro atoms. The average molecular weight is 466 g/mol. The molecular formula is C25H21ClFN3O3. The number of carbonyl (C=O) groups is 2. The molecule has 2 amide bonds. The van der Waals surface area contributed by atoms with E-state index in [4.69, 9.17) is 16.3 Å². The Hall–Kier alpha value is -3.45. The maximum absolute atomic E-state index is 13.5. The predicted molar refractivity (Wildman–Crippen MR) is 122 cm³/mol. The summed E-state index contributed by atoms with van der Waals surface area (Å²) < 4.78 is 19.2. The van der Waals surface area contributed by atoms with Gasteiger partial charge in [0.05, 0.1) is 13.1 Å². The fraction of sp³-hybridized carbons (Fsp3) is 0.240. The van der Waals surface area contributed by atoms with Crippen molar-refractivity contribution in [1.82, 2.24) is 9.88 Å². The number of likely N-dealkylation sites (tertiary alicyclic amines) is 1. The molecule has 2 aliphatic rings. The molecule has 0 bridgehead atoms. The van der Waals surface area contributed by atoms with Gasteiger partial charge in [-0.25, -0.2) is 14.2 Å². The molecule has 2 fully saturated rings. The van der Waals surface area contributed by atoms with Crippen molar-refractivity contribution >= 4 is 29.3 Å². The quantitative estimate of drug-likeness (QED) is 0.560. The highest BCUT2D eigenvalue weighted by molar-refractivity contribution is 6.30. The zero-order valence-corrected chi connectivity index (χ0v) is 18.5. The minimum Gasteiger partial charge on any atom is -0.439 e. The Morgan fingerprint density at radius 2 is 1.91 bits per heavy atom. The fourth-order valence-corrected chi connectivity index (χ4v) is 4.60. The molecule has 8 heteroatoms. The van der Waals surface area contributed by atoms with Crippen LogP contribution in [0.4, 0.5) is 14.9 Å². The summed E-state index contributed by atoms with van der Waals surface area (Å²) in [6.07, 6.45) is 0.529. The molecule has 2 saturated heterocycles. The average Bonchev–Trinajstić information content (AvgIpc) is 3.36. The molecule has 0 unspecified atom stereocenters. The van der Waals surface area contributed by atoms with Crippen LogP contribution in [0.5, 0.6) is 0 Å². The number of ether oxygens (including phenoxy) is 1. The molecular weight excluding hydrogens is 445 g/mol. The van der Waals surface area contributed by atoms with Crippen molar-refractivity contribution in [3.05, 3.63) is 94.5 Å². The van der Waals surface area contributed by atoms with Crippen molar-refractivity contribution in [3.8, 4) is 0 Å². The van der Waals surface area contributed by atoms with Crippen molar-refractivity contribution < 1.29 is 18.7 Å². The summed E-state index contributed by atoms with van der Waals surface area (Å²) in [6.45, 7) is 1.11. The van der Waals surface area contributed by atoms with Gasteiger partial charge in [0, 0.05) is 35.8 Å². The lowest BCUT2D eigenvalue weighted by Crippen LogP contribution is -2.39. The van der Waals surface area contributed by atoms with Crippen LogP contribution in [0.25, 0.3) is 0 Å². The number of pyridine rings is 1. The third kappa shape index (κ3) is 4.41. The summed E-state index contributed by atoms with van der Waals surface area (Å²) in [5, 5.41) is 0.536. The Morgan fingerprint density at radius 3 is 2.73 bits per heavy atom. The second-order valence-electron chi connectivity index (χ2n) is 8.41. The van der Waals surface area contributed by atoms with E-state index in [0.717, 1.165) is 5.56 Å². The molecule has 33 heavy (non-hydrogen) atoms. The minimum absolute atomic E-state index is 0.217. The first-order valence-electron chi connectivity index (χ1n) is 10.7. The van der Waals surface area contributed by atoms with Crippen LogP contribution in [-0.2, 0) is 11.2 Å². The summed E-state index contributed by atoms with van der Waals surface area (Å²) in [5.41, 5.74) is 1.69. The molecule has 3 aromatic rings. The van der Waals surface area contributed by atoms with Crippen LogP contribution in [0.15, 0.2) is 66.7 Å². The number of amides is 2. The van der Waals surface area contributed by atoms with Crippen molar-refractivity contribution in [3.63, 3.8) is 0 Å². The number of hydrogen-bond donors (Lipinski definition) is 0. The summed E-state index contributed by atoms with van der Waals surface area (Å²) >= 11 is 6.07. The van der Waals surface area contributed by atoms with Crippen LogP contribution >= 0.6 is 11.6 Å². The van der Waals surface area contributed by atoms with Gasteiger partial charge in [0.2, 0.25) is 0 Å². The zero-order valence-electron chi connectivity index (χ0n) is 17.7. The van der Waals surface area contributed by atoms with Crippen molar-refractivity contribution in [1.29, 1.82) is 0 Å². The number of benzene rings is 2. The first kappa shape index (κ1) is 21.4. The van der Waals surface area contributed by atoms with Crippen LogP contribution in [0.2, 0.25) is 5.02 Å². The first-order chi connectivity index (χ1) is 15.9. The van der Waals surface area contributed by atoms with Crippen LogP contribution in [0, 0.1) is 5.82 Å². The Kier molecular flexibility index (Phi) is 5.50. The third-order valence-corrected chi connectivity index (χ3v) is 6.23. The van der Waals surface area contributed by atoms with Crippen molar-refractivity contribution in [2.75, 3.05) is 24.5 Å². The topological polar surface area (TPSA) is 62.7 Å². The number of nitrogens with zero attached hydrogens (tertiary/aromatic N) is 3. The van der Waals surface area contributed by atoms with Gasteiger partial charge in [0.15, 0.2) is 5.60 Å². The number of halogens is 2. The minimum atomic E-state index is -0.756. The van der Waals surface area contributed by atoms with E-state index in [9.17, 15) is 14.0 Å². The van der Waals surface area contributed by atoms with E-state index in [1.807, 2.05) is 12.1 Å². The molecule has 1 aromatic heterocycles. The Balaban J connectivity index is 1.29. The second-order valence-corrected chi connectivity index (χ2v) is 8.85. The molecule has 0 aliphatic carbocycles. The maximum Gasteiger partial charge on any atom is 0.415 e. The summed E-state index contributed by atoms with van der Waals surface area (Å²) in [7, 11) is 0. The summed E-state index contributed by atoms with van der Waals surface area (Å²) in [5.74, 6) is -0.523. The molecule has 1 atom stereocenters. The maximum atomic E-state index is 13.5. The highest BCUT2D eigenvalue weighted by atomic mass is 35.5. The molecule has 168 valence electrons. The van der Waals surface area contributed by atoms with Crippen LogP contribution in [0.1, 0.15) is 28.2 Å². The van der Waals surface area contributed by atoms with Crippen LogP contribution in [0.3, 0.4) is 0 Å². The standard InChI is InChI=1S/C25H21ClFN3O3/c26-18-5-2-8-21(14-18)30-16-25(33-24(30)32)10-11-29(15-25)23(31)22-9-3-7-20(28-22)13-17-4-1-6-19(27)12-17/h1-9,12,14H,10-11,13,15-16H2/t25-/m1/s1. The molecule has 0 radical (unpaired) electrons. The lowest BCUT2D eigenvalue weighted by atomic mass is 10.0. The number of carbonyl (C=O) groups excluding carboxylic acids is 2. The van der Waals surface area contributed by atoms with Crippen LogP contribution < -0.4 is 4.90 Å². The molecule has 2 aliphatic heterocycles. The van der Waals surface area contributed by atoms with E-state index in [-0.39, 0.29) is 11.7 Å². The van der Waals surface area contributed by atoms with E-state index in [0.29, 0.717) is 54.6 Å². The van der Waals surface area contributed by atoms with E-state index < -0.39 is 11.7 Å². The normalized spacial score (nSPS) is 19.9. The van der Waals surface area contributed by atoms with E-state index in [1.54, 1.807) is 52.3 Å². The second kappa shape index (κ2) is 8.48. The molecule has 6 nitrogen and oxygen atoms in total. The third-order valence-electron chi connectivity index (χ3n) is 5.99. The first-order valence-corrected chi connectivity index (χ1v) is 11.0. The van der Waals surface area contributed by atoms with E-state index >= 15 is 0 Å². The van der Waals surface area contributed by atoms with Gasteiger partial charge in [-0.3, -0.25) is 9.69 Å². The van der Waals surface area contributed by atoms with Gasteiger partial charge in [0.1, 0.15) is 11.5 Å². The predicted octanol–water partition coefficient (Wildman–Crippen LogP) is 4.71. The number of rotatable bonds is 4. The Labute approximate surface area is 195 Å². The van der Waals surface area contributed by atoms with Gasteiger partial charge < -0.3 is 9.64 Å². The highest BCUT2D eigenvalue weighted by Gasteiger charge is 2.51. The molecule has 5 rings (SSSR count). The van der Waals surface area contributed by atoms with Gasteiger partial charge in [0.25, 0.3) is 5.91 Å². The zero-order chi connectivity index (χ0) is 23.0. The summed E-state index contributed by atoms with van der Waals surface area (Å²) in [4.78, 5) is 33.4. The summed E-state index contributed by atoms with van der Waals surface area (Å²) in [6, 6.07) is 18.6. The number of hydrogen-bond acceptors (Lipinski definition) is 4. The monoisotopic (exact) mass is 465 g/mol.